The number of carboxylic acids is 1. The highest BCUT2D eigenvalue weighted by Crippen LogP contribution is 2.19. The highest BCUT2D eigenvalue weighted by Gasteiger charge is 2.35. The molecule has 2 atom stereocenters. The first-order valence-corrected chi connectivity index (χ1v) is 5.41. The van der Waals surface area contributed by atoms with E-state index in [2.05, 4.69) is 5.32 Å². The maximum atomic E-state index is 11.5. The molecule has 0 bridgehead atoms. The lowest BCUT2D eigenvalue weighted by molar-refractivity contribution is -0.141. The average molecular weight is 212 g/mol. The van der Waals surface area contributed by atoms with Crippen LogP contribution in [0.4, 0.5) is 0 Å². The van der Waals surface area contributed by atoms with Crippen molar-refractivity contribution in [2.75, 3.05) is 19.6 Å². The summed E-state index contributed by atoms with van der Waals surface area (Å²) in [5, 5.41) is 12.1. The summed E-state index contributed by atoms with van der Waals surface area (Å²) in [6.07, 6.45) is 2.40. The maximum absolute atomic E-state index is 11.5. The van der Waals surface area contributed by atoms with Gasteiger partial charge in [-0.2, -0.15) is 0 Å². The molecule has 2 aliphatic heterocycles. The quantitative estimate of drug-likeness (QED) is 0.672. The molecule has 84 valence electrons. The number of nitrogens with zero attached hydrogens (tertiary/aromatic N) is 1. The molecule has 2 fully saturated rings. The minimum absolute atomic E-state index is 0.0175. The smallest absolute Gasteiger partial charge is 0.308 e. The van der Waals surface area contributed by atoms with E-state index in [1.165, 1.54) is 0 Å². The van der Waals surface area contributed by atoms with Gasteiger partial charge in [-0.05, 0) is 19.4 Å². The molecule has 0 aliphatic carbocycles. The van der Waals surface area contributed by atoms with Crippen molar-refractivity contribution >= 4 is 11.9 Å². The molecule has 5 heteroatoms. The van der Waals surface area contributed by atoms with Gasteiger partial charge < -0.3 is 15.3 Å². The van der Waals surface area contributed by atoms with E-state index in [4.69, 9.17) is 5.11 Å². The third kappa shape index (κ3) is 2.28. The fourth-order valence-electron chi connectivity index (χ4n) is 2.29. The van der Waals surface area contributed by atoms with Crippen molar-refractivity contribution < 1.29 is 14.7 Å². The molecule has 2 heterocycles. The van der Waals surface area contributed by atoms with E-state index >= 15 is 0 Å². The molecule has 0 radical (unpaired) electrons. The Balaban J connectivity index is 1.87. The Kier molecular flexibility index (Phi) is 2.90. The van der Waals surface area contributed by atoms with Gasteiger partial charge in [-0.15, -0.1) is 0 Å². The maximum Gasteiger partial charge on any atom is 0.308 e. The minimum atomic E-state index is -0.856. The van der Waals surface area contributed by atoms with Gasteiger partial charge in [0.2, 0.25) is 5.91 Å². The third-order valence-electron chi connectivity index (χ3n) is 3.17. The molecule has 5 nitrogen and oxygen atoms in total. The van der Waals surface area contributed by atoms with Gasteiger partial charge in [-0.3, -0.25) is 9.59 Å². The molecule has 2 aliphatic rings. The number of amides is 1. The van der Waals surface area contributed by atoms with Crippen LogP contribution in [0.15, 0.2) is 0 Å². The second-order valence-corrected chi connectivity index (χ2v) is 4.33. The van der Waals surface area contributed by atoms with Gasteiger partial charge in [0, 0.05) is 25.6 Å². The highest BCUT2D eigenvalue weighted by atomic mass is 16.4. The lowest BCUT2D eigenvalue weighted by atomic mass is 10.1. The van der Waals surface area contributed by atoms with E-state index in [9.17, 15) is 9.59 Å². The van der Waals surface area contributed by atoms with Gasteiger partial charge in [0.1, 0.15) is 0 Å². The number of likely N-dealkylation sites (tertiary alicyclic amines) is 1. The van der Waals surface area contributed by atoms with E-state index in [1.54, 1.807) is 4.90 Å². The molecule has 2 unspecified atom stereocenters. The molecule has 2 saturated heterocycles. The zero-order valence-corrected chi connectivity index (χ0v) is 8.61. The first-order chi connectivity index (χ1) is 7.16. The molecule has 2 rings (SSSR count). The number of hydrogen-bond acceptors (Lipinski definition) is 3. The number of carbonyl (C=O) groups excluding carboxylic acids is 1. The van der Waals surface area contributed by atoms with Crippen molar-refractivity contribution in [1.29, 1.82) is 0 Å². The highest BCUT2D eigenvalue weighted by molar-refractivity contribution is 5.86. The van der Waals surface area contributed by atoms with E-state index < -0.39 is 11.9 Å². The number of carboxylic acid groups (broad SMARTS) is 1. The molecule has 0 aromatic rings. The van der Waals surface area contributed by atoms with Crippen LogP contribution in [0.5, 0.6) is 0 Å². The Bertz CT molecular complexity index is 274. The van der Waals surface area contributed by atoms with E-state index in [0.29, 0.717) is 19.1 Å². The van der Waals surface area contributed by atoms with E-state index in [0.717, 1.165) is 19.4 Å². The Morgan fingerprint density at radius 3 is 2.93 bits per heavy atom. The van der Waals surface area contributed by atoms with Gasteiger partial charge in [-0.1, -0.05) is 0 Å². The fourth-order valence-corrected chi connectivity index (χ4v) is 2.29. The number of rotatable bonds is 3. The van der Waals surface area contributed by atoms with Crippen molar-refractivity contribution in [2.24, 2.45) is 5.92 Å². The Morgan fingerprint density at radius 2 is 2.40 bits per heavy atom. The molecule has 0 saturated carbocycles. The van der Waals surface area contributed by atoms with E-state index in [-0.39, 0.29) is 12.3 Å². The van der Waals surface area contributed by atoms with Crippen LogP contribution in [0.2, 0.25) is 0 Å². The Hall–Kier alpha value is -1.10. The number of aliphatic carboxylic acids is 1. The topological polar surface area (TPSA) is 69.6 Å². The van der Waals surface area contributed by atoms with Crippen LogP contribution in [-0.4, -0.2) is 47.6 Å². The van der Waals surface area contributed by atoms with Gasteiger partial charge in [-0.25, -0.2) is 0 Å². The zero-order valence-electron chi connectivity index (χ0n) is 8.61. The first-order valence-electron chi connectivity index (χ1n) is 5.41. The number of nitrogens with one attached hydrogen (secondary N) is 1. The van der Waals surface area contributed by atoms with Gasteiger partial charge >= 0.3 is 5.97 Å². The summed E-state index contributed by atoms with van der Waals surface area (Å²) in [6, 6.07) is 0.362. The van der Waals surface area contributed by atoms with Crippen molar-refractivity contribution in [1.82, 2.24) is 10.2 Å². The van der Waals surface area contributed by atoms with Crippen LogP contribution in [0, 0.1) is 5.92 Å². The van der Waals surface area contributed by atoms with Crippen LogP contribution in [0.1, 0.15) is 19.3 Å². The minimum Gasteiger partial charge on any atom is -0.481 e. The first kappa shape index (κ1) is 10.4. The number of carbonyl (C=O) groups is 2. The van der Waals surface area contributed by atoms with Gasteiger partial charge in [0.05, 0.1) is 5.92 Å². The zero-order chi connectivity index (χ0) is 10.8. The predicted molar refractivity (Wildman–Crippen MR) is 53.3 cm³/mol. The summed E-state index contributed by atoms with van der Waals surface area (Å²) in [5.74, 6) is -1.37. The van der Waals surface area contributed by atoms with Gasteiger partial charge in [0.15, 0.2) is 0 Å². The Morgan fingerprint density at radius 1 is 1.60 bits per heavy atom. The second kappa shape index (κ2) is 4.18. The molecule has 0 spiro atoms. The van der Waals surface area contributed by atoms with Crippen molar-refractivity contribution in [3.63, 3.8) is 0 Å². The normalized spacial score (nSPS) is 31.2. The monoisotopic (exact) mass is 212 g/mol. The van der Waals surface area contributed by atoms with Crippen LogP contribution < -0.4 is 5.32 Å². The largest absolute Gasteiger partial charge is 0.481 e. The van der Waals surface area contributed by atoms with E-state index in [1.807, 2.05) is 0 Å². The summed E-state index contributed by atoms with van der Waals surface area (Å²) in [7, 11) is 0. The van der Waals surface area contributed by atoms with Crippen molar-refractivity contribution in [3.8, 4) is 0 Å². The standard InChI is InChI=1S/C10H16N2O3/c13-9-4-7(10(14)15)5-12(9)6-8-2-1-3-11-8/h7-8,11H,1-6H2,(H,14,15). The third-order valence-corrected chi connectivity index (χ3v) is 3.17. The molecule has 2 N–H and O–H groups in total. The summed E-state index contributed by atoms with van der Waals surface area (Å²) < 4.78 is 0. The van der Waals surface area contributed by atoms with Crippen LogP contribution in [0.3, 0.4) is 0 Å². The average Bonchev–Trinajstić information content (AvgIpc) is 2.77. The summed E-state index contributed by atoms with van der Waals surface area (Å²) >= 11 is 0. The van der Waals surface area contributed by atoms with Crippen molar-refractivity contribution in [3.05, 3.63) is 0 Å². The molecule has 0 aromatic heterocycles. The van der Waals surface area contributed by atoms with Crippen LogP contribution in [0.25, 0.3) is 0 Å². The fraction of sp³-hybridized carbons (Fsp3) is 0.800. The molecular formula is C10H16N2O3. The summed E-state index contributed by atoms with van der Waals surface area (Å²) in [6.45, 7) is 2.06. The van der Waals surface area contributed by atoms with Crippen molar-refractivity contribution in [2.45, 2.75) is 25.3 Å². The lowest BCUT2D eigenvalue weighted by Crippen LogP contribution is -2.38. The number of hydrogen-bond donors (Lipinski definition) is 2. The molecular weight excluding hydrogens is 196 g/mol. The molecule has 15 heavy (non-hydrogen) atoms. The lowest BCUT2D eigenvalue weighted by Gasteiger charge is -2.20. The second-order valence-electron chi connectivity index (χ2n) is 4.33. The summed E-state index contributed by atoms with van der Waals surface area (Å²) in [5.41, 5.74) is 0. The summed E-state index contributed by atoms with van der Waals surface area (Å²) in [4.78, 5) is 23.9. The SMILES string of the molecule is O=C(O)C1CC(=O)N(CC2CCCN2)C1. The molecule has 0 aromatic carbocycles. The van der Waals surface area contributed by atoms with Crippen LogP contribution >= 0.6 is 0 Å². The van der Waals surface area contributed by atoms with Crippen LogP contribution in [-0.2, 0) is 9.59 Å². The van der Waals surface area contributed by atoms with Gasteiger partial charge in [0.25, 0.3) is 0 Å². The predicted octanol–water partition coefficient (Wildman–Crippen LogP) is -0.329. The Labute approximate surface area is 88.4 Å². The molecule has 1 amide bonds.